The summed E-state index contributed by atoms with van der Waals surface area (Å²) in [7, 11) is 0. The van der Waals surface area contributed by atoms with Gasteiger partial charge in [0.2, 0.25) is 5.82 Å². The van der Waals surface area contributed by atoms with Crippen LogP contribution in [0.5, 0.6) is 0 Å². The molecule has 1 N–H and O–H groups in total. The van der Waals surface area contributed by atoms with Crippen LogP contribution in [-0.2, 0) is 12.7 Å². The number of alkyl halides is 3. The summed E-state index contributed by atoms with van der Waals surface area (Å²) < 4.78 is 58.1. The number of rotatable bonds is 5. The standard InChI is InChI=1S/C21H16F4N4O2/c1-12-11-29(9-8-26-19(30)15-4-2-3-5-16(15)22)17-10-13(6-7-14(12)17)18-27-20(31-28-18)21(23,24)25/h2-7,10-11H,8-9H2,1H3,(H,26,30). The van der Waals surface area contributed by atoms with E-state index in [9.17, 15) is 22.4 Å². The van der Waals surface area contributed by atoms with Gasteiger partial charge < -0.3 is 14.4 Å². The lowest BCUT2D eigenvalue weighted by Gasteiger charge is -2.09. The number of aryl methyl sites for hydroxylation is 1. The number of halogens is 4. The molecule has 4 rings (SSSR count). The molecule has 1 amide bonds. The molecule has 2 aromatic heterocycles. The van der Waals surface area contributed by atoms with Gasteiger partial charge in [0.1, 0.15) is 5.82 Å². The molecule has 0 saturated heterocycles. The molecule has 0 atom stereocenters. The van der Waals surface area contributed by atoms with Crippen molar-refractivity contribution < 1.29 is 26.9 Å². The largest absolute Gasteiger partial charge is 0.471 e. The van der Waals surface area contributed by atoms with E-state index in [-0.39, 0.29) is 17.9 Å². The van der Waals surface area contributed by atoms with Crippen LogP contribution < -0.4 is 5.32 Å². The van der Waals surface area contributed by atoms with Crippen molar-refractivity contribution in [1.29, 1.82) is 0 Å². The monoisotopic (exact) mass is 432 g/mol. The molecule has 0 bridgehead atoms. The van der Waals surface area contributed by atoms with Gasteiger partial charge in [0.25, 0.3) is 5.91 Å². The lowest BCUT2D eigenvalue weighted by molar-refractivity contribution is -0.159. The van der Waals surface area contributed by atoms with Gasteiger partial charge in [-0.1, -0.05) is 29.4 Å². The minimum Gasteiger partial charge on any atom is -0.350 e. The number of hydrogen-bond acceptors (Lipinski definition) is 4. The van der Waals surface area contributed by atoms with Crippen molar-refractivity contribution in [3.05, 3.63) is 71.5 Å². The fraction of sp³-hybridized carbons (Fsp3) is 0.190. The van der Waals surface area contributed by atoms with Gasteiger partial charge in [0.15, 0.2) is 0 Å². The van der Waals surface area contributed by atoms with E-state index >= 15 is 0 Å². The second-order valence-corrected chi connectivity index (χ2v) is 6.89. The molecule has 10 heteroatoms. The Balaban J connectivity index is 1.54. The molecule has 0 unspecified atom stereocenters. The van der Waals surface area contributed by atoms with Crippen molar-refractivity contribution in [2.45, 2.75) is 19.6 Å². The summed E-state index contributed by atoms with van der Waals surface area (Å²) in [6.07, 6.45) is -2.86. The second-order valence-electron chi connectivity index (χ2n) is 6.89. The number of fused-ring (bicyclic) bond motifs is 1. The van der Waals surface area contributed by atoms with Gasteiger partial charge in [0.05, 0.1) is 5.56 Å². The van der Waals surface area contributed by atoms with E-state index in [1.807, 2.05) is 17.7 Å². The van der Waals surface area contributed by atoms with E-state index in [0.717, 1.165) is 16.5 Å². The number of carbonyl (C=O) groups is 1. The smallest absolute Gasteiger partial charge is 0.350 e. The van der Waals surface area contributed by atoms with Crippen molar-refractivity contribution >= 4 is 16.8 Å². The topological polar surface area (TPSA) is 73.0 Å². The van der Waals surface area contributed by atoms with Crippen LogP contribution in [0.25, 0.3) is 22.3 Å². The Morgan fingerprint density at radius 2 is 1.97 bits per heavy atom. The van der Waals surface area contributed by atoms with Crippen LogP contribution in [-0.4, -0.2) is 27.2 Å². The molecule has 6 nitrogen and oxygen atoms in total. The molecule has 0 aliphatic carbocycles. The third-order valence-electron chi connectivity index (χ3n) is 4.76. The second kappa shape index (κ2) is 7.86. The molecule has 0 saturated carbocycles. The molecule has 0 fully saturated rings. The number of aromatic nitrogens is 3. The number of amides is 1. The predicted octanol–water partition coefficient (Wildman–Crippen LogP) is 4.59. The summed E-state index contributed by atoms with van der Waals surface area (Å²) in [5.41, 5.74) is 2.00. The highest BCUT2D eigenvalue weighted by Gasteiger charge is 2.38. The van der Waals surface area contributed by atoms with E-state index in [1.165, 1.54) is 18.2 Å². The summed E-state index contributed by atoms with van der Waals surface area (Å²) in [6.45, 7) is 2.49. The quantitative estimate of drug-likeness (QED) is 0.469. The van der Waals surface area contributed by atoms with Crippen LogP contribution in [0.2, 0.25) is 0 Å². The molecular weight excluding hydrogens is 416 g/mol. The molecule has 0 aliphatic rings. The van der Waals surface area contributed by atoms with Crippen LogP contribution in [0.4, 0.5) is 17.6 Å². The molecular formula is C21H16F4N4O2. The molecule has 4 aromatic rings. The SMILES string of the molecule is Cc1cn(CCNC(=O)c2ccccc2F)c2cc(-c3noc(C(F)(F)F)n3)ccc12. The highest BCUT2D eigenvalue weighted by atomic mass is 19.4. The molecule has 0 aliphatic heterocycles. The Morgan fingerprint density at radius 3 is 2.68 bits per heavy atom. The molecule has 160 valence electrons. The Kier molecular flexibility index (Phi) is 5.22. The predicted molar refractivity (Wildman–Crippen MR) is 104 cm³/mol. The molecule has 31 heavy (non-hydrogen) atoms. The number of benzene rings is 2. The number of nitrogens with one attached hydrogen (secondary N) is 1. The maximum Gasteiger partial charge on any atom is 0.471 e. The Labute approximate surface area is 173 Å². The first kappa shape index (κ1) is 20.6. The molecule has 2 heterocycles. The summed E-state index contributed by atoms with van der Waals surface area (Å²) in [5, 5.41) is 6.97. The zero-order valence-corrected chi connectivity index (χ0v) is 16.2. The van der Waals surface area contributed by atoms with Gasteiger partial charge in [-0.15, -0.1) is 0 Å². The fourth-order valence-corrected chi connectivity index (χ4v) is 3.29. The van der Waals surface area contributed by atoms with Gasteiger partial charge in [-0.3, -0.25) is 4.79 Å². The number of hydrogen-bond donors (Lipinski definition) is 1. The molecule has 0 spiro atoms. The minimum atomic E-state index is -4.72. The van der Waals surface area contributed by atoms with Gasteiger partial charge in [-0.25, -0.2) is 4.39 Å². The van der Waals surface area contributed by atoms with E-state index in [0.29, 0.717) is 12.1 Å². The Bertz CT molecular complexity index is 1260. The molecule has 0 radical (unpaired) electrons. The first-order valence-electron chi connectivity index (χ1n) is 9.27. The van der Waals surface area contributed by atoms with Crippen molar-refractivity contribution in [2.75, 3.05) is 6.54 Å². The van der Waals surface area contributed by atoms with Gasteiger partial charge in [-0.2, -0.15) is 18.2 Å². The maximum atomic E-state index is 13.7. The maximum absolute atomic E-state index is 13.7. The first-order chi connectivity index (χ1) is 14.7. The lowest BCUT2D eigenvalue weighted by Crippen LogP contribution is -2.27. The lowest BCUT2D eigenvalue weighted by atomic mass is 10.1. The average molecular weight is 432 g/mol. The van der Waals surface area contributed by atoms with Crippen LogP contribution in [0.15, 0.2) is 53.2 Å². The summed E-state index contributed by atoms with van der Waals surface area (Å²) in [5.74, 6) is -2.72. The van der Waals surface area contributed by atoms with Crippen molar-refractivity contribution in [3.8, 4) is 11.4 Å². The summed E-state index contributed by atoms with van der Waals surface area (Å²) in [4.78, 5) is 15.6. The van der Waals surface area contributed by atoms with Crippen LogP contribution in [0.3, 0.4) is 0 Å². The Hall–Kier alpha value is -3.69. The van der Waals surface area contributed by atoms with Gasteiger partial charge >= 0.3 is 12.1 Å². The zero-order valence-electron chi connectivity index (χ0n) is 16.2. The number of nitrogens with zero attached hydrogens (tertiary/aromatic N) is 3. The summed E-state index contributed by atoms with van der Waals surface area (Å²) in [6, 6.07) is 10.7. The van der Waals surface area contributed by atoms with Crippen molar-refractivity contribution in [3.63, 3.8) is 0 Å². The average Bonchev–Trinajstić information content (AvgIpc) is 3.34. The van der Waals surface area contributed by atoms with E-state index in [2.05, 4.69) is 20.0 Å². The third kappa shape index (κ3) is 4.14. The van der Waals surface area contributed by atoms with Crippen molar-refractivity contribution in [2.24, 2.45) is 0 Å². The normalized spacial score (nSPS) is 11.8. The third-order valence-corrected chi connectivity index (χ3v) is 4.76. The van der Waals surface area contributed by atoms with Crippen LogP contribution in [0, 0.1) is 12.7 Å². The van der Waals surface area contributed by atoms with Gasteiger partial charge in [-0.05, 0) is 30.7 Å². The summed E-state index contributed by atoms with van der Waals surface area (Å²) >= 11 is 0. The van der Waals surface area contributed by atoms with Crippen molar-refractivity contribution in [1.82, 2.24) is 20.0 Å². The highest BCUT2D eigenvalue weighted by molar-refractivity contribution is 5.94. The zero-order chi connectivity index (χ0) is 22.2. The van der Waals surface area contributed by atoms with E-state index < -0.39 is 23.8 Å². The fourth-order valence-electron chi connectivity index (χ4n) is 3.29. The van der Waals surface area contributed by atoms with E-state index in [1.54, 1.807) is 24.3 Å². The minimum absolute atomic E-state index is 0.0455. The van der Waals surface area contributed by atoms with Crippen LogP contribution >= 0.6 is 0 Å². The molecule has 2 aromatic carbocycles. The first-order valence-corrected chi connectivity index (χ1v) is 9.27. The Morgan fingerprint density at radius 1 is 1.19 bits per heavy atom. The van der Waals surface area contributed by atoms with Gasteiger partial charge in [0, 0.05) is 35.8 Å². The van der Waals surface area contributed by atoms with Crippen LogP contribution in [0.1, 0.15) is 21.8 Å². The van der Waals surface area contributed by atoms with E-state index in [4.69, 9.17) is 0 Å². The highest BCUT2D eigenvalue weighted by Crippen LogP contribution is 2.31. The number of carbonyl (C=O) groups excluding carboxylic acids is 1.